The van der Waals surface area contributed by atoms with E-state index in [0.29, 0.717) is 9.26 Å². The molecule has 0 atom stereocenters. The van der Waals surface area contributed by atoms with Crippen LogP contribution in [0, 0.1) is 21.0 Å². The topological polar surface area (TPSA) is 55.1 Å². The number of hydrogen-bond donors (Lipinski definition) is 2. The molecule has 7 heteroatoms. The molecule has 0 aliphatic heterocycles. The molecule has 0 spiro atoms. The van der Waals surface area contributed by atoms with Crippen LogP contribution in [0.15, 0.2) is 30.3 Å². The second-order valence-corrected chi connectivity index (χ2v) is 5.10. The van der Waals surface area contributed by atoms with Gasteiger partial charge in [-0.3, -0.25) is 4.79 Å². The predicted molar refractivity (Wildman–Crippen MR) is 77.8 cm³/mol. The number of amides is 1. The molecule has 0 unspecified atom stereocenters. The summed E-state index contributed by atoms with van der Waals surface area (Å²) in [4.78, 5) is 11.9. The molecular weight excluding hydrogens is 384 g/mol. The molecule has 0 heterocycles. The second kappa shape index (κ2) is 5.70. The fraction of sp³-hybridized carbons (Fsp3) is 0. The normalized spacial score (nSPS) is 10.4. The summed E-state index contributed by atoms with van der Waals surface area (Å²) in [7, 11) is 0. The fourth-order valence-electron chi connectivity index (χ4n) is 1.56. The molecule has 1 amide bonds. The van der Waals surface area contributed by atoms with Gasteiger partial charge >= 0.3 is 0 Å². The number of halogens is 4. The minimum Gasteiger partial charge on any atom is -0.396 e. The number of benzene rings is 2. The van der Waals surface area contributed by atoms with E-state index >= 15 is 0 Å². The maximum absolute atomic E-state index is 13.7. The maximum atomic E-state index is 13.7. The highest BCUT2D eigenvalue weighted by Gasteiger charge is 2.17. The first-order valence-corrected chi connectivity index (χ1v) is 6.47. The van der Waals surface area contributed by atoms with Crippen molar-refractivity contribution in [2.45, 2.75) is 0 Å². The molecule has 0 radical (unpaired) electrons. The lowest BCUT2D eigenvalue weighted by molar-refractivity contribution is 0.102. The van der Waals surface area contributed by atoms with Crippen LogP contribution < -0.4 is 11.1 Å². The Morgan fingerprint density at radius 1 is 1.10 bits per heavy atom. The van der Waals surface area contributed by atoms with Gasteiger partial charge in [0.2, 0.25) is 0 Å². The van der Waals surface area contributed by atoms with Gasteiger partial charge in [0.1, 0.15) is 11.6 Å². The van der Waals surface area contributed by atoms with Crippen molar-refractivity contribution in [1.82, 2.24) is 0 Å². The summed E-state index contributed by atoms with van der Waals surface area (Å²) in [5.74, 6) is -3.14. The predicted octanol–water partition coefficient (Wildman–Crippen LogP) is 3.54. The zero-order valence-corrected chi connectivity index (χ0v) is 12.0. The Labute approximate surface area is 126 Å². The molecule has 3 nitrogen and oxygen atoms in total. The number of rotatable bonds is 2. The van der Waals surface area contributed by atoms with Crippen molar-refractivity contribution in [3.05, 3.63) is 56.9 Å². The van der Waals surface area contributed by atoms with Gasteiger partial charge in [-0.25, -0.2) is 13.2 Å². The summed E-state index contributed by atoms with van der Waals surface area (Å²) in [6, 6.07) is 5.21. The van der Waals surface area contributed by atoms with Crippen molar-refractivity contribution in [3.8, 4) is 0 Å². The van der Waals surface area contributed by atoms with Gasteiger partial charge in [-0.15, -0.1) is 0 Å². The SMILES string of the molecule is Nc1cc(F)cc(C(=O)Nc2ccc(F)cc2I)c1F. The summed E-state index contributed by atoms with van der Waals surface area (Å²) in [6.07, 6.45) is 0. The molecule has 0 aromatic heterocycles. The Bertz CT molecular complexity index is 692. The maximum Gasteiger partial charge on any atom is 0.258 e. The first-order chi connectivity index (χ1) is 9.38. The van der Waals surface area contributed by atoms with E-state index in [1.54, 1.807) is 0 Å². The van der Waals surface area contributed by atoms with Crippen LogP contribution in [0.3, 0.4) is 0 Å². The minimum atomic E-state index is -0.999. The van der Waals surface area contributed by atoms with Crippen molar-refractivity contribution >= 4 is 39.9 Å². The van der Waals surface area contributed by atoms with E-state index in [0.717, 1.165) is 18.2 Å². The summed E-state index contributed by atoms with van der Waals surface area (Å²) in [5, 5.41) is 2.37. The summed E-state index contributed by atoms with van der Waals surface area (Å²) < 4.78 is 40.2. The molecule has 0 aliphatic rings. The van der Waals surface area contributed by atoms with Gasteiger partial charge in [-0.2, -0.15) is 0 Å². The Balaban J connectivity index is 2.33. The number of nitrogens with one attached hydrogen (secondary N) is 1. The molecule has 2 aromatic carbocycles. The van der Waals surface area contributed by atoms with E-state index in [9.17, 15) is 18.0 Å². The second-order valence-electron chi connectivity index (χ2n) is 3.93. The lowest BCUT2D eigenvalue weighted by Gasteiger charge is -2.09. The van der Waals surface area contributed by atoms with E-state index in [-0.39, 0.29) is 0 Å². The van der Waals surface area contributed by atoms with Crippen LogP contribution >= 0.6 is 22.6 Å². The van der Waals surface area contributed by atoms with Gasteiger partial charge in [0, 0.05) is 3.57 Å². The van der Waals surface area contributed by atoms with Crippen LogP contribution in [0.25, 0.3) is 0 Å². The quantitative estimate of drug-likeness (QED) is 0.607. The zero-order chi connectivity index (χ0) is 14.9. The van der Waals surface area contributed by atoms with E-state index in [1.807, 2.05) is 22.6 Å². The third-order valence-electron chi connectivity index (χ3n) is 2.49. The number of hydrogen-bond acceptors (Lipinski definition) is 2. The minimum absolute atomic E-state index is 0.291. The highest BCUT2D eigenvalue weighted by atomic mass is 127. The monoisotopic (exact) mass is 392 g/mol. The number of anilines is 2. The Morgan fingerprint density at radius 2 is 1.80 bits per heavy atom. The van der Waals surface area contributed by atoms with Crippen LogP contribution in [0.2, 0.25) is 0 Å². The molecule has 2 rings (SSSR count). The van der Waals surface area contributed by atoms with Gasteiger partial charge in [0.25, 0.3) is 5.91 Å². The zero-order valence-electron chi connectivity index (χ0n) is 9.88. The molecule has 3 N–H and O–H groups in total. The molecule has 0 saturated carbocycles. The fourth-order valence-corrected chi connectivity index (χ4v) is 2.17. The highest BCUT2D eigenvalue weighted by molar-refractivity contribution is 14.1. The van der Waals surface area contributed by atoms with Crippen molar-refractivity contribution in [3.63, 3.8) is 0 Å². The van der Waals surface area contributed by atoms with Crippen molar-refractivity contribution in [2.75, 3.05) is 11.1 Å². The van der Waals surface area contributed by atoms with E-state index in [2.05, 4.69) is 5.32 Å². The molecule has 0 saturated heterocycles. The summed E-state index contributed by atoms with van der Waals surface area (Å²) in [6.45, 7) is 0. The summed E-state index contributed by atoms with van der Waals surface area (Å²) in [5.41, 5.74) is 4.58. The first kappa shape index (κ1) is 14.6. The van der Waals surface area contributed by atoms with Crippen LogP contribution in [-0.4, -0.2) is 5.91 Å². The Hall–Kier alpha value is -1.77. The molecule has 104 valence electrons. The lowest BCUT2D eigenvalue weighted by Crippen LogP contribution is -2.16. The first-order valence-electron chi connectivity index (χ1n) is 5.39. The number of nitrogen functional groups attached to an aromatic ring is 1. The van der Waals surface area contributed by atoms with Crippen LogP contribution in [0.4, 0.5) is 24.5 Å². The Morgan fingerprint density at radius 3 is 2.45 bits per heavy atom. The average Bonchev–Trinajstić information content (AvgIpc) is 2.37. The highest BCUT2D eigenvalue weighted by Crippen LogP contribution is 2.22. The van der Waals surface area contributed by atoms with Crippen LogP contribution in [0.1, 0.15) is 10.4 Å². The molecular formula is C13H8F3IN2O. The third kappa shape index (κ3) is 3.03. The number of carbonyl (C=O) groups excluding carboxylic acids is 1. The van der Waals surface area contributed by atoms with Gasteiger partial charge in [0.05, 0.1) is 16.9 Å². The molecule has 20 heavy (non-hydrogen) atoms. The average molecular weight is 392 g/mol. The van der Waals surface area contributed by atoms with Crippen LogP contribution in [-0.2, 0) is 0 Å². The van der Waals surface area contributed by atoms with E-state index in [1.165, 1.54) is 12.1 Å². The van der Waals surface area contributed by atoms with Crippen molar-refractivity contribution in [2.24, 2.45) is 0 Å². The molecule has 0 aliphatic carbocycles. The lowest BCUT2D eigenvalue weighted by atomic mass is 10.1. The van der Waals surface area contributed by atoms with Crippen LogP contribution in [0.5, 0.6) is 0 Å². The van der Waals surface area contributed by atoms with Gasteiger partial charge in [0.15, 0.2) is 5.82 Å². The van der Waals surface area contributed by atoms with Gasteiger partial charge < -0.3 is 11.1 Å². The number of nitrogens with two attached hydrogens (primary N) is 1. The van der Waals surface area contributed by atoms with Gasteiger partial charge in [-0.1, -0.05) is 0 Å². The van der Waals surface area contributed by atoms with Crippen molar-refractivity contribution in [1.29, 1.82) is 0 Å². The van der Waals surface area contributed by atoms with Gasteiger partial charge in [-0.05, 0) is 52.9 Å². The third-order valence-corrected chi connectivity index (χ3v) is 3.38. The molecule has 0 bridgehead atoms. The number of carbonyl (C=O) groups is 1. The molecule has 0 fully saturated rings. The Kier molecular flexibility index (Phi) is 4.17. The smallest absolute Gasteiger partial charge is 0.258 e. The van der Waals surface area contributed by atoms with Crippen molar-refractivity contribution < 1.29 is 18.0 Å². The molecule has 2 aromatic rings. The summed E-state index contributed by atoms with van der Waals surface area (Å²) >= 11 is 1.81. The van der Waals surface area contributed by atoms with E-state index < -0.39 is 34.6 Å². The standard InChI is InChI=1S/C13H8F3IN2O/c14-6-1-2-11(9(17)4-6)19-13(20)8-3-7(15)5-10(18)12(8)16/h1-5H,18H2,(H,19,20). The largest absolute Gasteiger partial charge is 0.396 e. The van der Waals surface area contributed by atoms with E-state index in [4.69, 9.17) is 5.73 Å².